The van der Waals surface area contributed by atoms with Gasteiger partial charge in [-0.05, 0) is 42.8 Å². The predicted octanol–water partition coefficient (Wildman–Crippen LogP) is 4.13. The second-order valence-corrected chi connectivity index (χ2v) is 6.03. The smallest absolute Gasteiger partial charge is 0.494 e. The maximum atomic E-state index is 12.2. The molecule has 0 spiro atoms. The summed E-state index contributed by atoms with van der Waals surface area (Å²) in [5.41, 5.74) is 0.459. The van der Waals surface area contributed by atoms with Crippen molar-refractivity contribution >= 4 is 17.5 Å². The highest BCUT2D eigenvalue weighted by Gasteiger charge is 2.31. The minimum absolute atomic E-state index is 0.111. The molecule has 0 radical (unpaired) electrons. The van der Waals surface area contributed by atoms with E-state index >= 15 is 0 Å². The molecule has 2 rings (SSSR count). The molecule has 29 heavy (non-hydrogen) atoms. The molecule has 156 valence electrons. The van der Waals surface area contributed by atoms with Crippen molar-refractivity contribution in [2.45, 2.75) is 26.1 Å². The Morgan fingerprint density at radius 3 is 2.41 bits per heavy atom. The zero-order chi connectivity index (χ0) is 21.3. The molecule has 2 aromatic rings. The molecule has 9 heteroatoms. The van der Waals surface area contributed by atoms with Gasteiger partial charge < -0.3 is 20.1 Å². The van der Waals surface area contributed by atoms with Crippen LogP contribution in [0, 0.1) is 0 Å². The summed E-state index contributed by atoms with van der Waals surface area (Å²) in [5.74, 6) is -0.870. The van der Waals surface area contributed by atoms with Gasteiger partial charge in [0.25, 0.3) is 5.91 Å². The molecule has 0 saturated heterocycles. The van der Waals surface area contributed by atoms with E-state index in [-0.39, 0.29) is 12.2 Å². The highest BCUT2D eigenvalue weighted by atomic mass is 19.4. The lowest BCUT2D eigenvalue weighted by atomic mass is 10.2. The first-order valence-electron chi connectivity index (χ1n) is 8.93. The van der Waals surface area contributed by atoms with E-state index in [0.29, 0.717) is 17.9 Å². The molecule has 6 nitrogen and oxygen atoms in total. The van der Waals surface area contributed by atoms with E-state index < -0.39 is 23.9 Å². The van der Waals surface area contributed by atoms with Gasteiger partial charge in [0, 0.05) is 17.3 Å². The van der Waals surface area contributed by atoms with Gasteiger partial charge in [0.05, 0.1) is 13.2 Å². The van der Waals surface area contributed by atoms with Crippen LogP contribution in [0.1, 0.15) is 30.1 Å². The summed E-state index contributed by atoms with van der Waals surface area (Å²) in [6.07, 6.45) is -2.88. The summed E-state index contributed by atoms with van der Waals surface area (Å²) in [7, 11) is 0. The van der Waals surface area contributed by atoms with Gasteiger partial charge >= 0.3 is 6.36 Å². The molecule has 0 saturated carbocycles. The first kappa shape index (κ1) is 22.1. The van der Waals surface area contributed by atoms with E-state index in [4.69, 9.17) is 4.74 Å². The van der Waals surface area contributed by atoms with Crippen molar-refractivity contribution in [1.82, 2.24) is 5.32 Å². The van der Waals surface area contributed by atoms with Crippen LogP contribution in [0.25, 0.3) is 0 Å². The number of unbranched alkanes of at least 4 members (excludes halogenated alkanes) is 1. The van der Waals surface area contributed by atoms with Gasteiger partial charge in [-0.1, -0.05) is 19.4 Å². The van der Waals surface area contributed by atoms with Crippen LogP contribution in [-0.4, -0.2) is 31.3 Å². The first-order chi connectivity index (χ1) is 13.8. The molecule has 0 heterocycles. The third-order valence-corrected chi connectivity index (χ3v) is 3.64. The number of anilines is 1. The van der Waals surface area contributed by atoms with Gasteiger partial charge in [-0.3, -0.25) is 9.59 Å². The quantitative estimate of drug-likeness (QED) is 0.610. The lowest BCUT2D eigenvalue weighted by molar-refractivity contribution is -0.274. The van der Waals surface area contributed by atoms with E-state index in [1.54, 1.807) is 24.3 Å². The second kappa shape index (κ2) is 10.4. The van der Waals surface area contributed by atoms with Crippen molar-refractivity contribution < 1.29 is 32.2 Å². The van der Waals surface area contributed by atoms with Crippen molar-refractivity contribution in [2.75, 3.05) is 18.5 Å². The van der Waals surface area contributed by atoms with Gasteiger partial charge in [0.15, 0.2) is 0 Å². The third-order valence-electron chi connectivity index (χ3n) is 3.64. The maximum Gasteiger partial charge on any atom is 0.573 e. The number of benzene rings is 2. The maximum absolute atomic E-state index is 12.2. The molecule has 0 aliphatic rings. The number of carbonyl (C=O) groups excluding carboxylic acids is 2. The van der Waals surface area contributed by atoms with Crippen LogP contribution >= 0.6 is 0 Å². The van der Waals surface area contributed by atoms with E-state index in [1.165, 1.54) is 12.1 Å². The Morgan fingerprint density at radius 1 is 1.03 bits per heavy atom. The predicted molar refractivity (Wildman–Crippen MR) is 101 cm³/mol. The molecule has 2 aromatic carbocycles. The molecule has 0 unspecified atom stereocenters. The van der Waals surface area contributed by atoms with Crippen LogP contribution in [0.15, 0.2) is 48.5 Å². The van der Waals surface area contributed by atoms with Crippen molar-refractivity contribution in [3.05, 3.63) is 54.1 Å². The lowest BCUT2D eigenvalue weighted by Crippen LogP contribution is -2.32. The van der Waals surface area contributed by atoms with Crippen LogP contribution in [-0.2, 0) is 4.79 Å². The molecular weight excluding hydrogens is 389 g/mol. The molecule has 0 bridgehead atoms. The topological polar surface area (TPSA) is 76.7 Å². The second-order valence-electron chi connectivity index (χ2n) is 6.03. The fraction of sp³-hybridized carbons (Fsp3) is 0.300. The van der Waals surface area contributed by atoms with Crippen LogP contribution in [0.5, 0.6) is 11.5 Å². The Hall–Kier alpha value is -3.23. The molecule has 0 aliphatic heterocycles. The SMILES string of the molecule is CCCCOc1ccc(C(=O)NCC(=O)Nc2cccc(OC(F)(F)F)c2)cc1. The number of halogens is 3. The Kier molecular flexibility index (Phi) is 7.88. The third kappa shape index (κ3) is 8.12. The molecule has 0 aliphatic carbocycles. The summed E-state index contributed by atoms with van der Waals surface area (Å²) in [6.45, 7) is 2.30. The van der Waals surface area contributed by atoms with Gasteiger partial charge in [0.2, 0.25) is 5.91 Å². The van der Waals surface area contributed by atoms with Gasteiger partial charge in [0.1, 0.15) is 11.5 Å². The Morgan fingerprint density at radius 2 is 1.76 bits per heavy atom. The molecule has 0 atom stereocenters. The summed E-state index contributed by atoms with van der Waals surface area (Å²) in [6, 6.07) is 11.3. The number of hydrogen-bond donors (Lipinski definition) is 2. The highest BCUT2D eigenvalue weighted by molar-refractivity contribution is 5.99. The summed E-state index contributed by atoms with van der Waals surface area (Å²) in [4.78, 5) is 24.0. The van der Waals surface area contributed by atoms with Gasteiger partial charge in [-0.2, -0.15) is 0 Å². The average molecular weight is 410 g/mol. The van der Waals surface area contributed by atoms with Crippen LogP contribution in [0.3, 0.4) is 0 Å². The normalized spacial score (nSPS) is 10.9. The number of ether oxygens (including phenoxy) is 2. The molecule has 0 aromatic heterocycles. The summed E-state index contributed by atoms with van der Waals surface area (Å²) >= 11 is 0. The van der Waals surface area contributed by atoms with Crippen LogP contribution < -0.4 is 20.1 Å². The fourth-order valence-corrected chi connectivity index (χ4v) is 2.28. The molecule has 2 N–H and O–H groups in total. The minimum atomic E-state index is -4.83. The monoisotopic (exact) mass is 410 g/mol. The summed E-state index contributed by atoms with van der Waals surface area (Å²) < 4.78 is 46.0. The Balaban J connectivity index is 1.83. The van der Waals surface area contributed by atoms with E-state index in [1.807, 2.05) is 0 Å². The number of alkyl halides is 3. The highest BCUT2D eigenvalue weighted by Crippen LogP contribution is 2.25. The first-order valence-corrected chi connectivity index (χ1v) is 8.93. The van der Waals surface area contributed by atoms with Crippen molar-refractivity contribution in [2.24, 2.45) is 0 Å². The summed E-state index contributed by atoms with van der Waals surface area (Å²) in [5, 5.41) is 4.83. The van der Waals surface area contributed by atoms with Crippen LogP contribution in [0.4, 0.5) is 18.9 Å². The standard InChI is InChI=1S/C20H21F3N2O4/c1-2-3-11-28-16-9-7-14(8-10-16)19(27)24-13-18(26)25-15-5-4-6-17(12-15)29-20(21,22)23/h4-10,12H,2-3,11,13H2,1H3,(H,24,27)(H,25,26). The van der Waals surface area contributed by atoms with Crippen molar-refractivity contribution in [1.29, 1.82) is 0 Å². The number of amides is 2. The van der Waals surface area contributed by atoms with Crippen molar-refractivity contribution in [3.63, 3.8) is 0 Å². The van der Waals surface area contributed by atoms with E-state index in [9.17, 15) is 22.8 Å². The van der Waals surface area contributed by atoms with Gasteiger partial charge in [-0.15, -0.1) is 13.2 Å². The molecule has 2 amide bonds. The van der Waals surface area contributed by atoms with Gasteiger partial charge in [-0.25, -0.2) is 0 Å². The van der Waals surface area contributed by atoms with Crippen LogP contribution in [0.2, 0.25) is 0 Å². The number of hydrogen-bond acceptors (Lipinski definition) is 4. The molecule has 0 fully saturated rings. The molecular formula is C20H21F3N2O4. The van der Waals surface area contributed by atoms with Crippen molar-refractivity contribution in [3.8, 4) is 11.5 Å². The van der Waals surface area contributed by atoms with E-state index in [2.05, 4.69) is 22.3 Å². The average Bonchev–Trinajstić information content (AvgIpc) is 2.66. The number of rotatable bonds is 9. The Bertz CT molecular complexity index is 823. The van der Waals surface area contributed by atoms with E-state index in [0.717, 1.165) is 25.0 Å². The number of carbonyl (C=O) groups is 2. The zero-order valence-corrected chi connectivity index (χ0v) is 15.7. The lowest BCUT2D eigenvalue weighted by Gasteiger charge is -2.11. The fourth-order valence-electron chi connectivity index (χ4n) is 2.28. The Labute approximate surface area is 166 Å². The largest absolute Gasteiger partial charge is 0.573 e. The number of nitrogens with one attached hydrogen (secondary N) is 2. The minimum Gasteiger partial charge on any atom is -0.494 e. The zero-order valence-electron chi connectivity index (χ0n) is 15.7.